The van der Waals surface area contributed by atoms with Crippen molar-refractivity contribution in [3.8, 4) is 0 Å². The molecule has 1 aromatic heterocycles. The van der Waals surface area contributed by atoms with Crippen LogP contribution in [0.25, 0.3) is 10.9 Å². The first-order chi connectivity index (χ1) is 7.77. The van der Waals surface area contributed by atoms with E-state index in [0.717, 1.165) is 6.54 Å². The first kappa shape index (κ1) is 10.7. The Balaban J connectivity index is 1.97. The lowest BCUT2D eigenvalue weighted by Crippen LogP contribution is -2.25. The molecule has 0 aliphatic rings. The summed E-state index contributed by atoms with van der Waals surface area (Å²) in [5.41, 5.74) is 1.18. The highest BCUT2D eigenvalue weighted by atomic mass is 16.4. The third-order valence-corrected chi connectivity index (χ3v) is 2.49. The van der Waals surface area contributed by atoms with Crippen molar-refractivity contribution in [3.63, 3.8) is 0 Å². The van der Waals surface area contributed by atoms with Gasteiger partial charge in [0.25, 0.3) is 0 Å². The lowest BCUT2D eigenvalue weighted by atomic mass is 10.2. The number of aliphatic carboxylic acids is 1. The summed E-state index contributed by atoms with van der Waals surface area (Å²) in [6.07, 6.45) is 2.02. The molecule has 84 valence electrons. The smallest absolute Gasteiger partial charge is 0.317 e. The minimum Gasteiger partial charge on any atom is -0.480 e. The van der Waals surface area contributed by atoms with Crippen molar-refractivity contribution in [2.75, 3.05) is 13.1 Å². The van der Waals surface area contributed by atoms with Crippen LogP contribution >= 0.6 is 0 Å². The molecule has 0 fully saturated rings. The standard InChI is InChI=1S/C12H14N2O2/c15-12(16)9-13-6-8-14-7-5-10-3-1-2-4-11(10)14/h1-5,7,13H,6,8-9H2,(H,15,16). The Morgan fingerprint density at radius 1 is 1.31 bits per heavy atom. The van der Waals surface area contributed by atoms with Crippen molar-refractivity contribution < 1.29 is 9.90 Å². The van der Waals surface area contributed by atoms with Crippen molar-refractivity contribution in [3.05, 3.63) is 36.5 Å². The molecule has 0 spiro atoms. The minimum atomic E-state index is -0.822. The Morgan fingerprint density at radius 2 is 2.12 bits per heavy atom. The quantitative estimate of drug-likeness (QED) is 0.744. The van der Waals surface area contributed by atoms with E-state index in [0.29, 0.717) is 6.54 Å². The van der Waals surface area contributed by atoms with E-state index in [1.54, 1.807) is 0 Å². The van der Waals surface area contributed by atoms with Gasteiger partial charge in [0.05, 0.1) is 6.54 Å². The van der Waals surface area contributed by atoms with Crippen LogP contribution in [-0.2, 0) is 11.3 Å². The molecule has 0 saturated heterocycles. The van der Waals surface area contributed by atoms with Gasteiger partial charge in [-0.3, -0.25) is 4.79 Å². The van der Waals surface area contributed by atoms with Gasteiger partial charge in [0.2, 0.25) is 0 Å². The van der Waals surface area contributed by atoms with Crippen molar-refractivity contribution in [1.29, 1.82) is 0 Å². The molecular weight excluding hydrogens is 204 g/mol. The number of carbonyl (C=O) groups is 1. The van der Waals surface area contributed by atoms with Crippen molar-refractivity contribution in [2.24, 2.45) is 0 Å². The number of carboxylic acid groups (broad SMARTS) is 1. The number of rotatable bonds is 5. The highest BCUT2D eigenvalue weighted by molar-refractivity contribution is 5.79. The predicted molar refractivity (Wildman–Crippen MR) is 62.4 cm³/mol. The van der Waals surface area contributed by atoms with Gasteiger partial charge in [-0.05, 0) is 17.5 Å². The molecular formula is C12H14N2O2. The number of aromatic nitrogens is 1. The molecule has 1 heterocycles. The van der Waals surface area contributed by atoms with E-state index in [1.807, 2.05) is 18.3 Å². The fourth-order valence-corrected chi connectivity index (χ4v) is 1.73. The van der Waals surface area contributed by atoms with Crippen LogP contribution in [0.4, 0.5) is 0 Å². The Bertz CT molecular complexity index is 490. The summed E-state index contributed by atoms with van der Waals surface area (Å²) >= 11 is 0. The van der Waals surface area contributed by atoms with Gasteiger partial charge >= 0.3 is 5.97 Å². The predicted octanol–water partition coefficient (Wildman–Crippen LogP) is 1.32. The molecule has 1 aromatic carbocycles. The normalized spacial score (nSPS) is 10.8. The van der Waals surface area contributed by atoms with E-state index in [-0.39, 0.29) is 6.54 Å². The van der Waals surface area contributed by atoms with Gasteiger partial charge in [0, 0.05) is 24.8 Å². The first-order valence-corrected chi connectivity index (χ1v) is 5.24. The molecule has 2 N–H and O–H groups in total. The van der Waals surface area contributed by atoms with E-state index < -0.39 is 5.97 Å². The number of carboxylic acids is 1. The average Bonchev–Trinajstić information content (AvgIpc) is 2.68. The summed E-state index contributed by atoms with van der Waals surface area (Å²) in [5, 5.41) is 12.5. The second-order valence-electron chi connectivity index (χ2n) is 3.64. The van der Waals surface area contributed by atoms with Crippen LogP contribution in [-0.4, -0.2) is 28.7 Å². The maximum atomic E-state index is 10.3. The summed E-state index contributed by atoms with van der Waals surface area (Å²) in [4.78, 5) is 10.3. The summed E-state index contributed by atoms with van der Waals surface area (Å²) in [6, 6.07) is 10.2. The number of benzene rings is 1. The molecule has 2 rings (SSSR count). The van der Waals surface area contributed by atoms with Crippen LogP contribution < -0.4 is 5.32 Å². The zero-order valence-corrected chi connectivity index (χ0v) is 8.89. The van der Waals surface area contributed by atoms with Crippen LogP contribution in [0.2, 0.25) is 0 Å². The Morgan fingerprint density at radius 3 is 2.94 bits per heavy atom. The summed E-state index contributed by atoms with van der Waals surface area (Å²) in [7, 11) is 0. The van der Waals surface area contributed by atoms with Crippen molar-refractivity contribution in [1.82, 2.24) is 9.88 Å². The fourth-order valence-electron chi connectivity index (χ4n) is 1.73. The molecule has 16 heavy (non-hydrogen) atoms. The third kappa shape index (κ3) is 2.41. The molecule has 0 aliphatic heterocycles. The molecule has 4 heteroatoms. The fraction of sp³-hybridized carbons (Fsp3) is 0.250. The SMILES string of the molecule is O=C(O)CNCCn1ccc2ccccc21. The number of nitrogens with one attached hydrogen (secondary N) is 1. The monoisotopic (exact) mass is 218 g/mol. The Hall–Kier alpha value is -1.81. The van der Waals surface area contributed by atoms with E-state index >= 15 is 0 Å². The maximum absolute atomic E-state index is 10.3. The van der Waals surface area contributed by atoms with E-state index in [4.69, 9.17) is 5.11 Å². The molecule has 0 amide bonds. The van der Waals surface area contributed by atoms with E-state index in [1.165, 1.54) is 10.9 Å². The third-order valence-electron chi connectivity index (χ3n) is 2.49. The highest BCUT2D eigenvalue weighted by Gasteiger charge is 1.99. The molecule has 4 nitrogen and oxygen atoms in total. The topological polar surface area (TPSA) is 54.3 Å². The molecule has 0 radical (unpaired) electrons. The van der Waals surface area contributed by atoms with Crippen LogP contribution in [0, 0.1) is 0 Å². The lowest BCUT2D eigenvalue weighted by Gasteiger charge is -2.05. The van der Waals surface area contributed by atoms with Crippen LogP contribution in [0.3, 0.4) is 0 Å². The molecule has 0 aliphatic carbocycles. The zero-order chi connectivity index (χ0) is 11.4. The van der Waals surface area contributed by atoms with Crippen LogP contribution in [0.5, 0.6) is 0 Å². The van der Waals surface area contributed by atoms with Crippen LogP contribution in [0.15, 0.2) is 36.5 Å². The van der Waals surface area contributed by atoms with E-state index in [9.17, 15) is 4.79 Å². The van der Waals surface area contributed by atoms with Crippen molar-refractivity contribution in [2.45, 2.75) is 6.54 Å². The second kappa shape index (κ2) is 4.81. The molecule has 2 aromatic rings. The van der Waals surface area contributed by atoms with Gasteiger partial charge in [-0.25, -0.2) is 0 Å². The van der Waals surface area contributed by atoms with E-state index in [2.05, 4.69) is 28.1 Å². The highest BCUT2D eigenvalue weighted by Crippen LogP contribution is 2.14. The number of hydrogen-bond acceptors (Lipinski definition) is 2. The number of para-hydroxylation sites is 1. The van der Waals surface area contributed by atoms with Gasteiger partial charge in [-0.15, -0.1) is 0 Å². The van der Waals surface area contributed by atoms with Gasteiger partial charge in [0.15, 0.2) is 0 Å². The van der Waals surface area contributed by atoms with Crippen LogP contribution in [0.1, 0.15) is 0 Å². The number of nitrogens with zero attached hydrogens (tertiary/aromatic N) is 1. The zero-order valence-electron chi connectivity index (χ0n) is 8.89. The number of hydrogen-bond donors (Lipinski definition) is 2. The largest absolute Gasteiger partial charge is 0.480 e. The summed E-state index contributed by atoms with van der Waals surface area (Å²) < 4.78 is 2.12. The average molecular weight is 218 g/mol. The minimum absolute atomic E-state index is 0.0131. The Labute approximate surface area is 93.5 Å². The van der Waals surface area contributed by atoms with Crippen molar-refractivity contribution >= 4 is 16.9 Å². The summed E-state index contributed by atoms with van der Waals surface area (Å²) in [5.74, 6) is -0.822. The Kier molecular flexibility index (Phi) is 3.22. The lowest BCUT2D eigenvalue weighted by molar-refractivity contribution is -0.135. The molecule has 0 bridgehead atoms. The molecule has 0 saturated carbocycles. The van der Waals surface area contributed by atoms with Gasteiger partial charge in [0.1, 0.15) is 0 Å². The molecule has 0 unspecified atom stereocenters. The van der Waals surface area contributed by atoms with Gasteiger partial charge < -0.3 is 15.0 Å². The molecule has 0 atom stereocenters. The van der Waals surface area contributed by atoms with Gasteiger partial charge in [-0.2, -0.15) is 0 Å². The second-order valence-corrected chi connectivity index (χ2v) is 3.64. The summed E-state index contributed by atoms with van der Waals surface area (Å²) in [6.45, 7) is 1.45. The van der Waals surface area contributed by atoms with Gasteiger partial charge in [-0.1, -0.05) is 18.2 Å². The maximum Gasteiger partial charge on any atom is 0.317 e. The first-order valence-electron chi connectivity index (χ1n) is 5.24. The number of fused-ring (bicyclic) bond motifs is 1.